The zero-order chi connectivity index (χ0) is 12.4. The van der Waals surface area contributed by atoms with E-state index in [1.54, 1.807) is 13.0 Å². The molecule has 0 amide bonds. The first-order valence-corrected chi connectivity index (χ1v) is 4.84. The van der Waals surface area contributed by atoms with Crippen molar-refractivity contribution in [1.29, 1.82) is 0 Å². The summed E-state index contributed by atoms with van der Waals surface area (Å²) < 4.78 is 31.0. The lowest BCUT2D eigenvalue weighted by atomic mass is 10.3. The molecule has 0 radical (unpaired) electrons. The zero-order valence-electron chi connectivity index (χ0n) is 9.00. The van der Waals surface area contributed by atoms with E-state index in [0.717, 1.165) is 0 Å². The number of nitrogens with zero attached hydrogens (tertiary/aromatic N) is 2. The van der Waals surface area contributed by atoms with Gasteiger partial charge in [0.05, 0.1) is 6.54 Å². The molecule has 0 saturated heterocycles. The van der Waals surface area contributed by atoms with Crippen LogP contribution in [-0.2, 0) is 6.54 Å². The smallest absolute Gasteiger partial charge is 0.168 e. The van der Waals surface area contributed by atoms with Gasteiger partial charge in [-0.05, 0) is 6.92 Å². The van der Waals surface area contributed by atoms with Crippen LogP contribution < -0.4 is 11.1 Å². The molecule has 0 fully saturated rings. The molecule has 0 spiro atoms. The Balaban J connectivity index is 2.11. The molecular weight excluding hydrogens is 230 g/mol. The van der Waals surface area contributed by atoms with Gasteiger partial charge in [-0.25, -0.2) is 13.8 Å². The predicted octanol–water partition coefficient (Wildman–Crippen LogP) is 1.85. The zero-order valence-corrected chi connectivity index (χ0v) is 9.00. The van der Waals surface area contributed by atoms with E-state index in [9.17, 15) is 8.78 Å². The van der Waals surface area contributed by atoms with Gasteiger partial charge in [0.25, 0.3) is 0 Å². The second-order valence-corrected chi connectivity index (χ2v) is 3.47. The van der Waals surface area contributed by atoms with E-state index >= 15 is 0 Å². The molecule has 2 heterocycles. The van der Waals surface area contributed by atoms with Gasteiger partial charge in [0, 0.05) is 12.1 Å². The van der Waals surface area contributed by atoms with Crippen LogP contribution in [0.2, 0.25) is 0 Å². The number of pyridine rings is 1. The number of rotatable bonds is 3. The van der Waals surface area contributed by atoms with Crippen molar-refractivity contribution >= 4 is 11.6 Å². The molecule has 5 nitrogen and oxygen atoms in total. The Labute approximate surface area is 95.6 Å². The quantitative estimate of drug-likeness (QED) is 0.856. The number of nitrogens with two attached hydrogens (primary N) is 1. The number of nitrogen functional groups attached to an aromatic ring is 1. The summed E-state index contributed by atoms with van der Waals surface area (Å²) in [6.45, 7) is 1.96. The fraction of sp³-hybridized carbons (Fsp3) is 0.200. The maximum atomic E-state index is 13.3. The number of aromatic nitrogens is 2. The Morgan fingerprint density at radius 3 is 2.76 bits per heavy atom. The summed E-state index contributed by atoms with van der Waals surface area (Å²) in [5, 5.41) is 6.36. The van der Waals surface area contributed by atoms with Gasteiger partial charge in [-0.3, -0.25) is 0 Å². The van der Waals surface area contributed by atoms with Crippen molar-refractivity contribution in [3.05, 3.63) is 35.2 Å². The number of hydrogen-bond acceptors (Lipinski definition) is 5. The largest absolute Gasteiger partial charge is 0.381 e. The molecule has 0 atom stereocenters. The number of anilines is 2. The summed E-state index contributed by atoms with van der Waals surface area (Å²) in [5.74, 6) is -1.52. The normalized spacial score (nSPS) is 10.5. The van der Waals surface area contributed by atoms with Crippen LogP contribution in [0, 0.1) is 18.6 Å². The lowest BCUT2D eigenvalue weighted by molar-refractivity contribution is 0.391. The van der Waals surface area contributed by atoms with Crippen molar-refractivity contribution in [2.75, 3.05) is 11.1 Å². The molecule has 2 aromatic heterocycles. The molecule has 17 heavy (non-hydrogen) atoms. The first kappa shape index (κ1) is 11.3. The third-order valence-electron chi connectivity index (χ3n) is 2.07. The molecule has 2 rings (SSSR count). The Morgan fingerprint density at radius 1 is 1.35 bits per heavy atom. The maximum absolute atomic E-state index is 13.3. The summed E-state index contributed by atoms with van der Waals surface area (Å²) in [6, 6.07) is 2.37. The fourth-order valence-electron chi connectivity index (χ4n) is 1.28. The molecule has 0 unspecified atom stereocenters. The van der Waals surface area contributed by atoms with E-state index in [1.807, 2.05) is 0 Å². The summed E-state index contributed by atoms with van der Waals surface area (Å²) in [5.41, 5.74) is 5.83. The second kappa shape index (κ2) is 4.36. The van der Waals surface area contributed by atoms with Crippen molar-refractivity contribution in [2.24, 2.45) is 0 Å². The highest BCUT2D eigenvalue weighted by atomic mass is 19.1. The highest BCUT2D eigenvalue weighted by Crippen LogP contribution is 2.17. The summed E-state index contributed by atoms with van der Waals surface area (Å²) >= 11 is 0. The van der Waals surface area contributed by atoms with Crippen LogP contribution in [0.3, 0.4) is 0 Å². The molecule has 90 valence electrons. The minimum absolute atomic E-state index is 0.121. The molecule has 2 aromatic rings. The highest BCUT2D eigenvalue weighted by Gasteiger charge is 2.10. The van der Waals surface area contributed by atoms with Crippen molar-refractivity contribution in [3.63, 3.8) is 0 Å². The Morgan fingerprint density at radius 2 is 2.12 bits per heavy atom. The van der Waals surface area contributed by atoms with Gasteiger partial charge >= 0.3 is 0 Å². The van der Waals surface area contributed by atoms with Gasteiger partial charge in [0.1, 0.15) is 11.5 Å². The van der Waals surface area contributed by atoms with E-state index in [-0.39, 0.29) is 18.2 Å². The van der Waals surface area contributed by atoms with Crippen LogP contribution in [0.25, 0.3) is 0 Å². The van der Waals surface area contributed by atoms with E-state index < -0.39 is 11.6 Å². The Hall–Kier alpha value is -2.18. The molecule has 7 heteroatoms. The first-order valence-electron chi connectivity index (χ1n) is 4.84. The predicted molar refractivity (Wildman–Crippen MR) is 57.1 cm³/mol. The molecule has 0 aliphatic rings. The van der Waals surface area contributed by atoms with Crippen LogP contribution >= 0.6 is 0 Å². The molecule has 0 saturated carbocycles. The Bertz CT molecular complexity index is 541. The van der Waals surface area contributed by atoms with Crippen molar-refractivity contribution in [2.45, 2.75) is 13.5 Å². The van der Waals surface area contributed by atoms with E-state index in [2.05, 4.69) is 15.5 Å². The number of aryl methyl sites for hydroxylation is 1. The number of hydrogen-bond donors (Lipinski definition) is 2. The molecule has 0 aromatic carbocycles. The minimum atomic E-state index is -0.884. The average Bonchev–Trinajstić information content (AvgIpc) is 2.68. The maximum Gasteiger partial charge on any atom is 0.168 e. The average molecular weight is 240 g/mol. The second-order valence-electron chi connectivity index (χ2n) is 3.47. The summed E-state index contributed by atoms with van der Waals surface area (Å²) in [6.07, 6.45) is 0. The monoisotopic (exact) mass is 240 g/mol. The van der Waals surface area contributed by atoms with Gasteiger partial charge in [0.2, 0.25) is 0 Å². The standard InChI is InChI=1S/C10H10F2N4O/c1-5-2-6(16-17-5)4-14-10-8(12)3-7(11)9(13)15-10/h2-3H,4H2,1H3,(H3,13,14,15). The van der Waals surface area contributed by atoms with Gasteiger partial charge in [-0.2, -0.15) is 0 Å². The molecule has 0 aliphatic heterocycles. The van der Waals surface area contributed by atoms with Crippen LogP contribution in [0.15, 0.2) is 16.7 Å². The van der Waals surface area contributed by atoms with Gasteiger partial charge in [0.15, 0.2) is 23.3 Å². The number of halogens is 2. The minimum Gasteiger partial charge on any atom is -0.381 e. The lowest BCUT2D eigenvalue weighted by Crippen LogP contribution is -2.07. The first-order chi connectivity index (χ1) is 8.06. The van der Waals surface area contributed by atoms with Gasteiger partial charge in [-0.1, -0.05) is 5.16 Å². The van der Waals surface area contributed by atoms with Gasteiger partial charge < -0.3 is 15.6 Å². The molecule has 0 bridgehead atoms. The molecule has 3 N–H and O–H groups in total. The van der Waals surface area contributed by atoms with E-state index in [1.165, 1.54) is 0 Å². The SMILES string of the molecule is Cc1cc(CNc2nc(N)c(F)cc2F)no1. The third kappa shape index (κ3) is 2.49. The van der Waals surface area contributed by atoms with Crippen molar-refractivity contribution in [3.8, 4) is 0 Å². The fourth-order valence-corrected chi connectivity index (χ4v) is 1.28. The topological polar surface area (TPSA) is 77.0 Å². The van der Waals surface area contributed by atoms with Crippen molar-refractivity contribution in [1.82, 2.24) is 10.1 Å². The van der Waals surface area contributed by atoms with Crippen LogP contribution in [0.1, 0.15) is 11.5 Å². The van der Waals surface area contributed by atoms with Crippen molar-refractivity contribution < 1.29 is 13.3 Å². The van der Waals surface area contributed by atoms with Gasteiger partial charge in [-0.15, -0.1) is 0 Å². The number of nitrogens with one attached hydrogen (secondary N) is 1. The van der Waals surface area contributed by atoms with E-state index in [0.29, 0.717) is 17.5 Å². The van der Waals surface area contributed by atoms with Crippen LogP contribution in [0.5, 0.6) is 0 Å². The summed E-state index contributed by atoms with van der Waals surface area (Å²) in [4.78, 5) is 3.55. The van der Waals surface area contributed by atoms with E-state index in [4.69, 9.17) is 10.3 Å². The van der Waals surface area contributed by atoms with Crippen LogP contribution in [0.4, 0.5) is 20.4 Å². The lowest BCUT2D eigenvalue weighted by Gasteiger charge is -2.05. The molecular formula is C10H10F2N4O. The Kier molecular flexibility index (Phi) is 2.90. The van der Waals surface area contributed by atoms with Crippen LogP contribution in [-0.4, -0.2) is 10.1 Å². The molecule has 0 aliphatic carbocycles. The third-order valence-corrected chi connectivity index (χ3v) is 2.07. The summed E-state index contributed by atoms with van der Waals surface area (Å²) in [7, 11) is 0. The highest BCUT2D eigenvalue weighted by molar-refractivity contribution is 5.44.